The van der Waals surface area contributed by atoms with Gasteiger partial charge >= 0.3 is 0 Å². The van der Waals surface area contributed by atoms with Gasteiger partial charge in [-0.25, -0.2) is 8.42 Å². The van der Waals surface area contributed by atoms with Crippen molar-refractivity contribution >= 4 is 9.84 Å². The lowest BCUT2D eigenvalue weighted by molar-refractivity contribution is 0.454. The maximum atomic E-state index is 12.0. The minimum Gasteiger partial charge on any atom is -0.309 e. The zero-order valence-electron chi connectivity index (χ0n) is 10.4. The van der Waals surface area contributed by atoms with Crippen molar-refractivity contribution in [3.05, 3.63) is 29.8 Å². The summed E-state index contributed by atoms with van der Waals surface area (Å²) in [7, 11) is -3.06. The van der Waals surface area contributed by atoms with Gasteiger partial charge in [0.05, 0.1) is 10.6 Å². The van der Waals surface area contributed by atoms with Gasteiger partial charge in [0.1, 0.15) is 0 Å². The normalized spacial score (nSPS) is 26.3. The summed E-state index contributed by atoms with van der Waals surface area (Å²) in [5.41, 5.74) is 0.954. The average molecular weight is 265 g/mol. The van der Waals surface area contributed by atoms with Crippen LogP contribution in [0.5, 0.6) is 0 Å². The zero-order chi connectivity index (χ0) is 12.6. The molecule has 18 heavy (non-hydrogen) atoms. The van der Waals surface area contributed by atoms with E-state index >= 15 is 0 Å². The van der Waals surface area contributed by atoms with Crippen LogP contribution in [0.1, 0.15) is 37.3 Å². The predicted molar refractivity (Wildman–Crippen MR) is 71.2 cm³/mol. The lowest BCUT2D eigenvalue weighted by Gasteiger charge is -2.16. The van der Waals surface area contributed by atoms with Gasteiger partial charge in [0.2, 0.25) is 0 Å². The van der Waals surface area contributed by atoms with Crippen LogP contribution in [0.3, 0.4) is 0 Å². The quantitative estimate of drug-likeness (QED) is 0.912. The Labute approximate surface area is 109 Å². The summed E-state index contributed by atoms with van der Waals surface area (Å²) in [6, 6.07) is 7.38. The second kappa shape index (κ2) is 4.67. The van der Waals surface area contributed by atoms with Crippen LogP contribution in [0.2, 0.25) is 0 Å². The Morgan fingerprint density at radius 3 is 2.67 bits per heavy atom. The summed E-state index contributed by atoms with van der Waals surface area (Å²) < 4.78 is 24.0. The molecule has 1 fully saturated rings. The highest BCUT2D eigenvalue weighted by molar-refractivity contribution is 7.91. The molecule has 1 atom stereocenters. The third-order valence-electron chi connectivity index (χ3n) is 4.14. The minimum absolute atomic E-state index is 0.00759. The van der Waals surface area contributed by atoms with Crippen LogP contribution in [0.15, 0.2) is 29.2 Å². The topological polar surface area (TPSA) is 46.2 Å². The van der Waals surface area contributed by atoms with Crippen molar-refractivity contribution in [3.63, 3.8) is 0 Å². The van der Waals surface area contributed by atoms with Crippen LogP contribution in [0.4, 0.5) is 0 Å². The largest absolute Gasteiger partial charge is 0.309 e. The van der Waals surface area contributed by atoms with Crippen molar-refractivity contribution in [1.29, 1.82) is 0 Å². The van der Waals surface area contributed by atoms with E-state index < -0.39 is 9.84 Å². The number of hydrogen-bond donors (Lipinski definition) is 1. The molecule has 0 bridgehead atoms. The number of rotatable bonds is 3. The summed E-state index contributed by atoms with van der Waals surface area (Å²) in [5, 5.41) is 3.46. The van der Waals surface area contributed by atoms with Gasteiger partial charge in [-0.3, -0.25) is 0 Å². The molecule has 3 rings (SSSR count). The molecular formula is C14H19NO2S. The molecule has 0 spiro atoms. The van der Waals surface area contributed by atoms with Crippen LogP contribution in [-0.4, -0.2) is 20.7 Å². The van der Waals surface area contributed by atoms with Gasteiger partial charge in [0.15, 0.2) is 9.84 Å². The summed E-state index contributed by atoms with van der Waals surface area (Å²) in [4.78, 5) is 0.522. The molecule has 1 saturated carbocycles. The summed E-state index contributed by atoms with van der Waals surface area (Å²) in [6.07, 6.45) is 5.22. The first-order valence-corrected chi connectivity index (χ1v) is 8.37. The molecule has 1 aliphatic carbocycles. The molecule has 0 amide bonds. The first-order valence-electron chi connectivity index (χ1n) is 6.72. The van der Waals surface area contributed by atoms with E-state index in [-0.39, 0.29) is 11.8 Å². The summed E-state index contributed by atoms with van der Waals surface area (Å²) in [6.45, 7) is 0.953. The fourth-order valence-corrected chi connectivity index (χ4v) is 4.91. The zero-order valence-corrected chi connectivity index (χ0v) is 11.2. The lowest BCUT2D eigenvalue weighted by atomic mass is 10.1. The first kappa shape index (κ1) is 12.2. The Bertz CT molecular complexity index is 532. The van der Waals surface area contributed by atoms with Crippen molar-refractivity contribution in [1.82, 2.24) is 5.32 Å². The van der Waals surface area contributed by atoms with E-state index in [4.69, 9.17) is 0 Å². The molecule has 98 valence electrons. The smallest absolute Gasteiger partial charge is 0.180 e. The van der Waals surface area contributed by atoms with E-state index in [1.165, 1.54) is 25.7 Å². The molecule has 1 N–H and O–H groups in total. The van der Waals surface area contributed by atoms with Gasteiger partial charge < -0.3 is 5.32 Å². The molecule has 4 heteroatoms. The number of sulfone groups is 1. The van der Waals surface area contributed by atoms with Crippen molar-refractivity contribution in [2.75, 3.05) is 12.3 Å². The monoisotopic (exact) mass is 265 g/mol. The number of nitrogens with one attached hydrogen (secondary N) is 1. The minimum atomic E-state index is -3.06. The van der Waals surface area contributed by atoms with Gasteiger partial charge in [-0.1, -0.05) is 31.0 Å². The third-order valence-corrected chi connectivity index (χ3v) is 5.96. The molecule has 2 aliphatic rings. The molecule has 1 heterocycles. The Hall–Kier alpha value is -0.870. The van der Waals surface area contributed by atoms with Crippen LogP contribution in [0.25, 0.3) is 0 Å². The number of benzene rings is 1. The second-order valence-electron chi connectivity index (χ2n) is 5.43. The highest BCUT2D eigenvalue weighted by Gasteiger charge is 2.34. The first-order chi connectivity index (χ1) is 8.67. The van der Waals surface area contributed by atoms with E-state index in [1.54, 1.807) is 12.1 Å². The van der Waals surface area contributed by atoms with Gasteiger partial charge in [-0.15, -0.1) is 0 Å². The Balaban J connectivity index is 1.75. The maximum Gasteiger partial charge on any atom is 0.180 e. The number of hydrogen-bond acceptors (Lipinski definition) is 3. The van der Waals surface area contributed by atoms with Gasteiger partial charge in [0, 0.05) is 6.04 Å². The van der Waals surface area contributed by atoms with E-state index in [2.05, 4.69) is 5.32 Å². The van der Waals surface area contributed by atoms with Crippen LogP contribution in [-0.2, 0) is 9.84 Å². The molecule has 3 nitrogen and oxygen atoms in total. The van der Waals surface area contributed by atoms with Crippen molar-refractivity contribution in [2.45, 2.75) is 36.6 Å². The van der Waals surface area contributed by atoms with Crippen LogP contribution >= 0.6 is 0 Å². The highest BCUT2D eigenvalue weighted by atomic mass is 32.2. The van der Waals surface area contributed by atoms with Gasteiger partial charge in [-0.05, 0) is 36.9 Å². The van der Waals surface area contributed by atoms with Gasteiger partial charge in [-0.2, -0.15) is 0 Å². The molecule has 1 unspecified atom stereocenters. The number of fused-ring (bicyclic) bond motifs is 1. The Morgan fingerprint density at radius 2 is 1.89 bits per heavy atom. The highest BCUT2D eigenvalue weighted by Crippen LogP contribution is 2.33. The van der Waals surface area contributed by atoms with E-state index in [0.29, 0.717) is 4.90 Å². The van der Waals surface area contributed by atoms with Crippen molar-refractivity contribution in [2.24, 2.45) is 5.92 Å². The maximum absolute atomic E-state index is 12.0. The fraction of sp³-hybridized carbons (Fsp3) is 0.571. The SMILES string of the molecule is O=S1(=O)CC(NCC2CCCC2)c2ccccc21. The summed E-state index contributed by atoms with van der Waals surface area (Å²) in [5.74, 6) is 0.958. The molecule has 0 aromatic heterocycles. The molecule has 1 aliphatic heterocycles. The molecule has 0 saturated heterocycles. The second-order valence-corrected chi connectivity index (χ2v) is 7.43. The third kappa shape index (κ3) is 2.19. The standard InChI is InChI=1S/C14H19NO2S/c16-18(17)10-13(12-7-3-4-8-14(12)18)15-9-11-5-1-2-6-11/h3-4,7-8,11,13,15H,1-2,5-6,9-10H2. The average Bonchev–Trinajstić information content (AvgIpc) is 2.95. The Morgan fingerprint density at radius 1 is 1.17 bits per heavy atom. The van der Waals surface area contributed by atoms with Crippen molar-refractivity contribution < 1.29 is 8.42 Å². The predicted octanol–water partition coefficient (Wildman–Crippen LogP) is 2.29. The molecular weight excluding hydrogens is 246 g/mol. The summed E-state index contributed by atoms with van der Waals surface area (Å²) >= 11 is 0. The molecule has 1 aromatic rings. The molecule has 1 aromatic carbocycles. The lowest BCUT2D eigenvalue weighted by Crippen LogP contribution is -2.27. The van der Waals surface area contributed by atoms with Gasteiger partial charge in [0.25, 0.3) is 0 Å². The van der Waals surface area contributed by atoms with Crippen LogP contribution < -0.4 is 5.32 Å². The molecule has 0 radical (unpaired) electrons. The van der Waals surface area contributed by atoms with Crippen LogP contribution in [0, 0.1) is 5.92 Å². The Kier molecular flexibility index (Phi) is 3.16. The van der Waals surface area contributed by atoms with Crippen molar-refractivity contribution in [3.8, 4) is 0 Å². The van der Waals surface area contributed by atoms with E-state index in [9.17, 15) is 8.42 Å². The fourth-order valence-electron chi connectivity index (χ4n) is 3.14. The van der Waals surface area contributed by atoms with E-state index in [0.717, 1.165) is 18.0 Å². The van der Waals surface area contributed by atoms with E-state index in [1.807, 2.05) is 12.1 Å².